The zero-order valence-corrected chi connectivity index (χ0v) is 10.6. The minimum atomic E-state index is -0.771. The minimum absolute atomic E-state index is 0.0499. The molecule has 3 heteroatoms. The minimum Gasteiger partial charge on any atom is -0.481 e. The van der Waals surface area contributed by atoms with Crippen molar-refractivity contribution in [1.82, 2.24) is 0 Å². The molecule has 1 N–H and O–H groups in total. The summed E-state index contributed by atoms with van der Waals surface area (Å²) in [6, 6.07) is 19.7. The van der Waals surface area contributed by atoms with Crippen molar-refractivity contribution in [2.45, 2.75) is 16.6 Å². The van der Waals surface area contributed by atoms with Gasteiger partial charge < -0.3 is 5.11 Å². The number of carboxylic acid groups (broad SMARTS) is 1. The number of thioether (sulfide) groups is 1. The maximum atomic E-state index is 11.0. The first kappa shape index (κ1) is 12.7. The Bertz CT molecular complexity index is 496. The molecule has 0 bridgehead atoms. The highest BCUT2D eigenvalue weighted by Gasteiger charge is 2.16. The molecule has 0 aliphatic rings. The van der Waals surface area contributed by atoms with Crippen LogP contribution in [0.1, 0.15) is 17.2 Å². The molecule has 0 amide bonds. The summed E-state index contributed by atoms with van der Waals surface area (Å²) in [4.78, 5) is 12.1. The van der Waals surface area contributed by atoms with Crippen molar-refractivity contribution in [3.8, 4) is 0 Å². The van der Waals surface area contributed by atoms with Crippen LogP contribution in [0.4, 0.5) is 0 Å². The second kappa shape index (κ2) is 6.26. The normalized spacial score (nSPS) is 12.0. The first-order chi connectivity index (χ1) is 8.75. The van der Waals surface area contributed by atoms with Gasteiger partial charge in [0.05, 0.1) is 6.42 Å². The Kier molecular flexibility index (Phi) is 4.42. The smallest absolute Gasteiger partial charge is 0.304 e. The Balaban J connectivity index is 2.18. The van der Waals surface area contributed by atoms with E-state index in [9.17, 15) is 4.79 Å². The van der Waals surface area contributed by atoms with E-state index in [0.29, 0.717) is 0 Å². The van der Waals surface area contributed by atoms with E-state index in [4.69, 9.17) is 5.11 Å². The molecular formula is C15H14O2S. The van der Waals surface area contributed by atoms with Crippen LogP contribution < -0.4 is 0 Å². The van der Waals surface area contributed by atoms with Crippen LogP contribution in [0.3, 0.4) is 0 Å². The fourth-order valence-electron chi connectivity index (χ4n) is 1.72. The number of benzene rings is 2. The molecule has 0 fully saturated rings. The number of aliphatic carboxylic acids is 1. The number of hydrogen-bond donors (Lipinski definition) is 1. The first-order valence-corrected chi connectivity index (χ1v) is 6.62. The number of hydrogen-bond acceptors (Lipinski definition) is 2. The van der Waals surface area contributed by atoms with Gasteiger partial charge in [-0.3, -0.25) is 4.79 Å². The van der Waals surface area contributed by atoms with Crippen LogP contribution in [0.2, 0.25) is 0 Å². The Morgan fingerprint density at radius 2 is 1.56 bits per heavy atom. The van der Waals surface area contributed by atoms with Gasteiger partial charge in [0.1, 0.15) is 0 Å². The molecule has 2 nitrogen and oxygen atoms in total. The van der Waals surface area contributed by atoms with Crippen LogP contribution in [-0.2, 0) is 4.79 Å². The monoisotopic (exact) mass is 258 g/mol. The lowest BCUT2D eigenvalue weighted by Crippen LogP contribution is -2.03. The number of carboxylic acids is 1. The third kappa shape index (κ3) is 3.64. The Morgan fingerprint density at radius 1 is 1.00 bits per heavy atom. The van der Waals surface area contributed by atoms with Gasteiger partial charge in [0, 0.05) is 10.1 Å². The zero-order valence-electron chi connectivity index (χ0n) is 9.82. The third-order valence-corrected chi connectivity index (χ3v) is 3.82. The van der Waals surface area contributed by atoms with E-state index in [2.05, 4.69) is 0 Å². The third-order valence-electron chi connectivity index (χ3n) is 2.55. The van der Waals surface area contributed by atoms with Gasteiger partial charge in [-0.2, -0.15) is 0 Å². The quantitative estimate of drug-likeness (QED) is 0.824. The zero-order chi connectivity index (χ0) is 12.8. The van der Waals surface area contributed by atoms with Crippen molar-refractivity contribution in [3.05, 3.63) is 66.2 Å². The molecule has 1 atom stereocenters. The molecule has 2 aromatic rings. The topological polar surface area (TPSA) is 37.3 Å². The highest BCUT2D eigenvalue weighted by atomic mass is 32.2. The number of carbonyl (C=O) groups is 1. The molecule has 0 heterocycles. The molecule has 0 aliphatic heterocycles. The van der Waals surface area contributed by atoms with Crippen LogP contribution in [0.15, 0.2) is 65.6 Å². The van der Waals surface area contributed by atoms with E-state index in [1.807, 2.05) is 60.7 Å². The standard InChI is InChI=1S/C15H14O2S/c16-15(17)11-14(12-7-3-1-4-8-12)18-13-9-5-2-6-10-13/h1-10,14H,11H2,(H,16,17)/t14-/m1/s1. The molecule has 2 rings (SSSR count). The molecule has 18 heavy (non-hydrogen) atoms. The molecule has 2 aromatic carbocycles. The van der Waals surface area contributed by atoms with Crippen molar-refractivity contribution in [1.29, 1.82) is 0 Å². The van der Waals surface area contributed by atoms with Gasteiger partial charge in [-0.25, -0.2) is 0 Å². The van der Waals surface area contributed by atoms with Gasteiger partial charge in [-0.15, -0.1) is 11.8 Å². The second-order valence-electron chi connectivity index (χ2n) is 3.93. The van der Waals surface area contributed by atoms with Gasteiger partial charge >= 0.3 is 5.97 Å². The summed E-state index contributed by atoms with van der Waals surface area (Å²) in [5.41, 5.74) is 1.05. The Hall–Kier alpha value is -1.74. The van der Waals surface area contributed by atoms with E-state index in [-0.39, 0.29) is 11.7 Å². The van der Waals surface area contributed by atoms with Gasteiger partial charge in [0.25, 0.3) is 0 Å². The largest absolute Gasteiger partial charge is 0.481 e. The average molecular weight is 258 g/mol. The van der Waals surface area contributed by atoms with Gasteiger partial charge in [0.2, 0.25) is 0 Å². The van der Waals surface area contributed by atoms with Crippen molar-refractivity contribution in [3.63, 3.8) is 0 Å². The van der Waals surface area contributed by atoms with Crippen LogP contribution in [-0.4, -0.2) is 11.1 Å². The SMILES string of the molecule is O=C(O)C[C@@H](Sc1ccccc1)c1ccccc1. The summed E-state index contributed by atoms with van der Waals surface area (Å²) >= 11 is 1.59. The fraction of sp³-hybridized carbons (Fsp3) is 0.133. The highest BCUT2D eigenvalue weighted by Crippen LogP contribution is 2.37. The summed E-state index contributed by atoms with van der Waals surface area (Å²) < 4.78 is 0. The van der Waals surface area contributed by atoms with Crippen molar-refractivity contribution >= 4 is 17.7 Å². The predicted octanol–water partition coefficient (Wildman–Crippen LogP) is 3.99. The summed E-state index contributed by atoms with van der Waals surface area (Å²) in [5.74, 6) is -0.771. The number of rotatable bonds is 5. The van der Waals surface area contributed by atoms with Crippen molar-refractivity contribution in [2.24, 2.45) is 0 Å². The highest BCUT2D eigenvalue weighted by molar-refractivity contribution is 7.99. The average Bonchev–Trinajstić information content (AvgIpc) is 2.40. The summed E-state index contributed by atoms with van der Waals surface area (Å²) in [7, 11) is 0. The second-order valence-corrected chi connectivity index (χ2v) is 5.20. The van der Waals surface area contributed by atoms with Gasteiger partial charge in [-0.1, -0.05) is 48.5 Å². The predicted molar refractivity (Wildman–Crippen MR) is 73.7 cm³/mol. The summed E-state index contributed by atoms with van der Waals surface area (Å²) in [5, 5.41) is 8.96. The lowest BCUT2D eigenvalue weighted by Gasteiger charge is -2.14. The summed E-state index contributed by atoms with van der Waals surface area (Å²) in [6.45, 7) is 0. The first-order valence-electron chi connectivity index (χ1n) is 5.74. The van der Waals surface area contributed by atoms with Crippen molar-refractivity contribution in [2.75, 3.05) is 0 Å². The van der Waals surface area contributed by atoms with Crippen LogP contribution in [0.25, 0.3) is 0 Å². The van der Waals surface area contributed by atoms with Crippen LogP contribution in [0.5, 0.6) is 0 Å². The molecule has 0 saturated heterocycles. The lowest BCUT2D eigenvalue weighted by atomic mass is 10.1. The molecule has 0 aliphatic carbocycles. The molecule has 0 spiro atoms. The van der Waals surface area contributed by atoms with E-state index in [0.717, 1.165) is 10.5 Å². The fourth-order valence-corrected chi connectivity index (χ4v) is 2.88. The van der Waals surface area contributed by atoms with E-state index < -0.39 is 5.97 Å². The summed E-state index contributed by atoms with van der Waals surface area (Å²) in [6.07, 6.45) is 0.129. The van der Waals surface area contributed by atoms with E-state index >= 15 is 0 Å². The molecule has 0 radical (unpaired) electrons. The Morgan fingerprint density at radius 3 is 2.11 bits per heavy atom. The van der Waals surface area contributed by atoms with Crippen LogP contribution >= 0.6 is 11.8 Å². The molecule has 0 aromatic heterocycles. The van der Waals surface area contributed by atoms with E-state index in [1.54, 1.807) is 11.8 Å². The Labute approximate surface area is 111 Å². The van der Waals surface area contributed by atoms with Crippen molar-refractivity contribution < 1.29 is 9.90 Å². The molecule has 0 saturated carbocycles. The lowest BCUT2D eigenvalue weighted by molar-refractivity contribution is -0.137. The van der Waals surface area contributed by atoms with E-state index in [1.165, 1.54) is 0 Å². The van der Waals surface area contributed by atoms with Crippen LogP contribution in [0, 0.1) is 0 Å². The maximum absolute atomic E-state index is 11.0. The molecule has 92 valence electrons. The molecule has 0 unspecified atom stereocenters. The molecular weight excluding hydrogens is 244 g/mol. The van der Waals surface area contributed by atoms with Gasteiger partial charge in [0.15, 0.2) is 0 Å². The maximum Gasteiger partial charge on any atom is 0.304 e. The van der Waals surface area contributed by atoms with Gasteiger partial charge in [-0.05, 0) is 17.7 Å².